The molecule has 0 radical (unpaired) electrons. The zero-order valence-corrected chi connectivity index (χ0v) is 6.68. The topological polar surface area (TPSA) is 28.7 Å². The number of hydrogen-bond acceptors (Lipinski definition) is 1. The van der Waals surface area contributed by atoms with Crippen molar-refractivity contribution in [2.24, 2.45) is 0 Å². The Balaban J connectivity index is 2.93. The highest BCUT2D eigenvalue weighted by Gasteiger charge is 2.00. The van der Waals surface area contributed by atoms with Crippen molar-refractivity contribution in [1.29, 1.82) is 0 Å². The quantitative estimate of drug-likeness (QED) is 0.606. The van der Waals surface area contributed by atoms with Gasteiger partial charge in [-0.2, -0.15) is 0 Å². The molecule has 2 rings (SSSR count). The van der Waals surface area contributed by atoms with Gasteiger partial charge in [0, 0.05) is 17.3 Å². The number of H-pyrrole nitrogens is 1. The van der Waals surface area contributed by atoms with E-state index in [1.54, 1.807) is 0 Å². The normalized spacial score (nSPS) is 10.7. The van der Waals surface area contributed by atoms with E-state index in [4.69, 9.17) is 0 Å². The molecular weight excluding hydrogens is 136 g/mol. The maximum absolute atomic E-state index is 4.25. The molecule has 2 aromatic heterocycles. The predicted octanol–water partition coefficient (Wildman–Crippen LogP) is 2.18. The summed E-state index contributed by atoms with van der Waals surface area (Å²) in [5, 5.41) is 1.28. The van der Waals surface area contributed by atoms with Crippen molar-refractivity contribution in [2.75, 3.05) is 0 Å². The standard InChI is InChI=1S/C9H10N2/c1-6-7(2)11-5-9-8(6)3-4-10-9/h3-5,10H,1-2H3. The molecular formula is C9H10N2. The van der Waals surface area contributed by atoms with Crippen LogP contribution in [0.4, 0.5) is 0 Å². The van der Waals surface area contributed by atoms with Gasteiger partial charge in [0.1, 0.15) is 0 Å². The molecule has 2 heterocycles. The number of aromatic amines is 1. The molecule has 0 aliphatic rings. The van der Waals surface area contributed by atoms with Crippen LogP contribution in [0.5, 0.6) is 0 Å². The molecule has 2 nitrogen and oxygen atoms in total. The molecule has 0 saturated carbocycles. The number of fused-ring (bicyclic) bond motifs is 1. The molecule has 1 N–H and O–H groups in total. The van der Waals surface area contributed by atoms with Crippen molar-refractivity contribution in [1.82, 2.24) is 9.97 Å². The Kier molecular flexibility index (Phi) is 1.22. The van der Waals surface area contributed by atoms with Crippen molar-refractivity contribution in [2.45, 2.75) is 13.8 Å². The maximum Gasteiger partial charge on any atom is 0.0643 e. The molecule has 11 heavy (non-hydrogen) atoms. The largest absolute Gasteiger partial charge is 0.360 e. The summed E-state index contributed by atoms with van der Waals surface area (Å²) in [4.78, 5) is 7.37. The van der Waals surface area contributed by atoms with Crippen molar-refractivity contribution < 1.29 is 0 Å². The molecule has 2 heteroatoms. The van der Waals surface area contributed by atoms with E-state index in [0.29, 0.717) is 0 Å². The Morgan fingerprint density at radius 2 is 2.18 bits per heavy atom. The van der Waals surface area contributed by atoms with Crippen LogP contribution in [0, 0.1) is 13.8 Å². The first-order valence-corrected chi connectivity index (χ1v) is 3.68. The highest BCUT2D eigenvalue weighted by atomic mass is 14.7. The molecule has 0 fully saturated rings. The summed E-state index contributed by atoms with van der Waals surface area (Å²) in [7, 11) is 0. The molecule has 0 spiro atoms. The summed E-state index contributed by atoms with van der Waals surface area (Å²) in [5.74, 6) is 0. The summed E-state index contributed by atoms with van der Waals surface area (Å²) < 4.78 is 0. The Labute approximate surface area is 65.3 Å². The Hall–Kier alpha value is -1.31. The summed E-state index contributed by atoms with van der Waals surface area (Å²) in [6.07, 6.45) is 3.82. The number of nitrogens with zero attached hydrogens (tertiary/aromatic N) is 1. The van der Waals surface area contributed by atoms with Gasteiger partial charge in [0.2, 0.25) is 0 Å². The van der Waals surface area contributed by atoms with Gasteiger partial charge in [-0.05, 0) is 25.5 Å². The average Bonchev–Trinajstić information content (AvgIpc) is 2.45. The first-order chi connectivity index (χ1) is 5.29. The Bertz CT molecular complexity index is 387. The van der Waals surface area contributed by atoms with E-state index in [2.05, 4.69) is 23.0 Å². The van der Waals surface area contributed by atoms with Gasteiger partial charge >= 0.3 is 0 Å². The summed E-state index contributed by atoms with van der Waals surface area (Å²) in [6.45, 7) is 4.13. The van der Waals surface area contributed by atoms with Crippen LogP contribution < -0.4 is 0 Å². The van der Waals surface area contributed by atoms with Crippen molar-refractivity contribution in [3.63, 3.8) is 0 Å². The second kappa shape index (κ2) is 2.09. The van der Waals surface area contributed by atoms with E-state index in [-0.39, 0.29) is 0 Å². The number of aryl methyl sites for hydroxylation is 2. The molecule has 0 amide bonds. The van der Waals surface area contributed by atoms with E-state index >= 15 is 0 Å². The molecule has 56 valence electrons. The summed E-state index contributed by atoms with van der Waals surface area (Å²) in [5.41, 5.74) is 3.49. The lowest BCUT2D eigenvalue weighted by Crippen LogP contribution is -1.85. The van der Waals surface area contributed by atoms with Gasteiger partial charge in [-0.1, -0.05) is 0 Å². The van der Waals surface area contributed by atoms with E-state index in [0.717, 1.165) is 11.2 Å². The monoisotopic (exact) mass is 146 g/mol. The highest BCUT2D eigenvalue weighted by molar-refractivity contribution is 5.82. The lowest BCUT2D eigenvalue weighted by atomic mass is 10.1. The van der Waals surface area contributed by atoms with E-state index in [9.17, 15) is 0 Å². The fraction of sp³-hybridized carbons (Fsp3) is 0.222. The number of hydrogen-bond donors (Lipinski definition) is 1. The van der Waals surface area contributed by atoms with E-state index in [1.807, 2.05) is 19.3 Å². The van der Waals surface area contributed by atoms with Crippen LogP contribution in [-0.2, 0) is 0 Å². The maximum atomic E-state index is 4.25. The minimum atomic E-state index is 1.11. The number of pyridine rings is 1. The molecule has 0 aromatic carbocycles. The van der Waals surface area contributed by atoms with Crippen LogP contribution in [-0.4, -0.2) is 9.97 Å². The van der Waals surface area contributed by atoms with Crippen molar-refractivity contribution >= 4 is 10.9 Å². The second-order valence-electron chi connectivity index (χ2n) is 2.77. The van der Waals surface area contributed by atoms with Crippen LogP contribution in [0.3, 0.4) is 0 Å². The SMILES string of the molecule is Cc1ncc2[nH]ccc2c1C. The smallest absolute Gasteiger partial charge is 0.0643 e. The molecule has 0 atom stereocenters. The van der Waals surface area contributed by atoms with Crippen LogP contribution in [0.15, 0.2) is 18.5 Å². The molecule has 0 aliphatic heterocycles. The van der Waals surface area contributed by atoms with Gasteiger partial charge in [0.25, 0.3) is 0 Å². The zero-order chi connectivity index (χ0) is 7.84. The lowest BCUT2D eigenvalue weighted by molar-refractivity contribution is 1.17. The van der Waals surface area contributed by atoms with Gasteiger partial charge in [0.15, 0.2) is 0 Å². The molecule has 0 bridgehead atoms. The Morgan fingerprint density at radius 1 is 1.36 bits per heavy atom. The summed E-state index contributed by atoms with van der Waals surface area (Å²) >= 11 is 0. The zero-order valence-electron chi connectivity index (χ0n) is 6.68. The van der Waals surface area contributed by atoms with Gasteiger partial charge in [-0.15, -0.1) is 0 Å². The number of aromatic nitrogens is 2. The highest BCUT2D eigenvalue weighted by Crippen LogP contribution is 2.17. The van der Waals surface area contributed by atoms with Crippen LogP contribution in [0.25, 0.3) is 10.9 Å². The van der Waals surface area contributed by atoms with Crippen LogP contribution >= 0.6 is 0 Å². The third-order valence-corrected chi connectivity index (χ3v) is 2.11. The van der Waals surface area contributed by atoms with Gasteiger partial charge in [-0.25, -0.2) is 0 Å². The van der Waals surface area contributed by atoms with Crippen molar-refractivity contribution in [3.8, 4) is 0 Å². The molecule has 2 aromatic rings. The second-order valence-corrected chi connectivity index (χ2v) is 2.77. The minimum Gasteiger partial charge on any atom is -0.360 e. The predicted molar refractivity (Wildman–Crippen MR) is 45.6 cm³/mol. The van der Waals surface area contributed by atoms with E-state index < -0.39 is 0 Å². The van der Waals surface area contributed by atoms with Gasteiger partial charge in [-0.3, -0.25) is 4.98 Å². The number of nitrogens with one attached hydrogen (secondary N) is 1. The third-order valence-electron chi connectivity index (χ3n) is 2.11. The fourth-order valence-electron chi connectivity index (χ4n) is 1.27. The summed E-state index contributed by atoms with van der Waals surface area (Å²) in [6, 6.07) is 2.08. The average molecular weight is 146 g/mol. The van der Waals surface area contributed by atoms with Gasteiger partial charge < -0.3 is 4.98 Å². The fourth-order valence-corrected chi connectivity index (χ4v) is 1.27. The number of rotatable bonds is 0. The van der Waals surface area contributed by atoms with Crippen LogP contribution in [0.2, 0.25) is 0 Å². The van der Waals surface area contributed by atoms with Crippen LogP contribution in [0.1, 0.15) is 11.3 Å². The van der Waals surface area contributed by atoms with Gasteiger partial charge in [0.05, 0.1) is 11.7 Å². The Morgan fingerprint density at radius 3 is 3.00 bits per heavy atom. The third kappa shape index (κ3) is 0.827. The van der Waals surface area contributed by atoms with E-state index in [1.165, 1.54) is 10.9 Å². The first kappa shape index (κ1) is 6.40. The lowest BCUT2D eigenvalue weighted by Gasteiger charge is -1.98. The molecule has 0 aliphatic carbocycles. The first-order valence-electron chi connectivity index (χ1n) is 3.68. The molecule has 0 unspecified atom stereocenters. The van der Waals surface area contributed by atoms with Crippen molar-refractivity contribution in [3.05, 3.63) is 29.7 Å². The molecule has 0 saturated heterocycles. The minimum absolute atomic E-state index is 1.11.